The van der Waals surface area contributed by atoms with Crippen molar-refractivity contribution in [1.29, 1.82) is 0 Å². The van der Waals surface area contributed by atoms with Gasteiger partial charge in [0.05, 0.1) is 18.9 Å². The molecule has 2 N–H and O–H groups in total. The van der Waals surface area contributed by atoms with E-state index >= 15 is 0 Å². The summed E-state index contributed by atoms with van der Waals surface area (Å²) in [5.41, 5.74) is 10.3. The van der Waals surface area contributed by atoms with Crippen molar-refractivity contribution in [2.24, 2.45) is 0 Å². The maximum Gasteiger partial charge on any atom is 0.258 e. The van der Waals surface area contributed by atoms with Crippen LogP contribution in [0.4, 0.5) is 11.4 Å². The normalized spacial score (nSPS) is 13.6. The highest BCUT2D eigenvalue weighted by Gasteiger charge is 2.27. The van der Waals surface area contributed by atoms with Crippen LogP contribution in [0, 0.1) is 6.92 Å². The topological polar surface area (TPSA) is 74.0 Å². The summed E-state index contributed by atoms with van der Waals surface area (Å²) in [5, 5.41) is 0. The first-order chi connectivity index (χ1) is 13.0. The van der Waals surface area contributed by atoms with E-state index in [1.54, 1.807) is 24.1 Å². The number of carbonyl (C=O) groups excluding carboxylic acids is 1. The molecule has 144 valence electrons. The Morgan fingerprint density at radius 3 is 2.78 bits per heavy atom. The van der Waals surface area contributed by atoms with Crippen LogP contribution in [0.5, 0.6) is 5.75 Å². The number of fused-ring (bicyclic) bond motifs is 1. The first-order valence-corrected chi connectivity index (χ1v) is 9.51. The first-order valence-electron chi connectivity index (χ1n) is 8.71. The molecule has 0 fully saturated rings. The monoisotopic (exact) mass is 434 g/mol. The molecule has 1 heterocycles. The van der Waals surface area contributed by atoms with Crippen LogP contribution in [-0.4, -0.2) is 39.6 Å². The Kier molecular flexibility index (Phi) is 6.36. The van der Waals surface area contributed by atoms with Crippen LogP contribution >= 0.6 is 15.9 Å². The standard InChI is InChI=1S/C20H23BrN2O4/c1-13-15-7-8-23(20(24)16(15)4-5-17(13)21)14-3-6-19(18(22)11-14)27-12-26-10-9-25-2/h3-6,11H,7-10,12,22H2,1-2H3. The van der Waals surface area contributed by atoms with Gasteiger partial charge in [-0.25, -0.2) is 0 Å². The SMILES string of the molecule is COCCOCOc1ccc(N2CCc3c(ccc(Br)c3C)C2=O)cc1N. The summed E-state index contributed by atoms with van der Waals surface area (Å²) in [6.07, 6.45) is 0.803. The lowest BCUT2D eigenvalue weighted by atomic mass is 9.94. The van der Waals surface area contributed by atoms with Crippen LogP contribution in [0.25, 0.3) is 0 Å². The molecule has 1 aliphatic rings. The molecule has 0 aromatic heterocycles. The van der Waals surface area contributed by atoms with Gasteiger partial charge in [-0.2, -0.15) is 0 Å². The molecule has 2 aromatic carbocycles. The molecule has 7 heteroatoms. The number of amides is 1. The number of benzene rings is 2. The molecule has 0 saturated heterocycles. The highest BCUT2D eigenvalue weighted by molar-refractivity contribution is 9.10. The fourth-order valence-corrected chi connectivity index (χ4v) is 3.48. The molecule has 3 rings (SSSR count). The van der Waals surface area contributed by atoms with Crippen LogP contribution in [0.2, 0.25) is 0 Å². The average molecular weight is 435 g/mol. The number of ether oxygens (including phenoxy) is 3. The predicted octanol–water partition coefficient (Wildman–Crippen LogP) is 3.54. The highest BCUT2D eigenvalue weighted by Crippen LogP contribution is 2.33. The lowest BCUT2D eigenvalue weighted by Gasteiger charge is -2.30. The minimum absolute atomic E-state index is 0.0113. The van der Waals surface area contributed by atoms with E-state index in [2.05, 4.69) is 15.9 Å². The van der Waals surface area contributed by atoms with Gasteiger partial charge in [0, 0.05) is 29.4 Å². The van der Waals surface area contributed by atoms with E-state index in [1.807, 2.05) is 25.1 Å². The van der Waals surface area contributed by atoms with Gasteiger partial charge in [-0.1, -0.05) is 15.9 Å². The third kappa shape index (κ3) is 4.26. The number of nitrogens with two attached hydrogens (primary N) is 1. The van der Waals surface area contributed by atoms with Gasteiger partial charge in [-0.3, -0.25) is 4.79 Å². The molecule has 6 nitrogen and oxygen atoms in total. The fourth-order valence-electron chi connectivity index (χ4n) is 3.11. The zero-order valence-electron chi connectivity index (χ0n) is 15.5. The van der Waals surface area contributed by atoms with Crippen molar-refractivity contribution in [2.75, 3.05) is 44.3 Å². The van der Waals surface area contributed by atoms with E-state index in [9.17, 15) is 4.79 Å². The maximum atomic E-state index is 13.0. The van der Waals surface area contributed by atoms with Gasteiger partial charge < -0.3 is 24.8 Å². The number of rotatable bonds is 7. The summed E-state index contributed by atoms with van der Waals surface area (Å²) in [4.78, 5) is 14.7. The van der Waals surface area contributed by atoms with E-state index in [0.29, 0.717) is 31.2 Å². The summed E-state index contributed by atoms with van der Waals surface area (Å²) in [6, 6.07) is 9.16. The second-order valence-corrected chi connectivity index (χ2v) is 7.14. The number of nitrogen functional groups attached to an aromatic ring is 1. The Labute approximate surface area is 167 Å². The molecule has 0 unspecified atom stereocenters. The molecule has 0 spiro atoms. The van der Waals surface area contributed by atoms with Crippen molar-refractivity contribution in [3.05, 3.63) is 51.5 Å². The second-order valence-electron chi connectivity index (χ2n) is 6.29. The predicted molar refractivity (Wildman–Crippen MR) is 108 cm³/mol. The number of hydrogen-bond donors (Lipinski definition) is 1. The molecule has 27 heavy (non-hydrogen) atoms. The average Bonchev–Trinajstić information content (AvgIpc) is 2.66. The molecular weight excluding hydrogens is 412 g/mol. The molecule has 0 atom stereocenters. The molecule has 2 aromatic rings. The van der Waals surface area contributed by atoms with Crippen LogP contribution in [0.3, 0.4) is 0 Å². The lowest BCUT2D eigenvalue weighted by molar-refractivity contribution is -0.00813. The van der Waals surface area contributed by atoms with Crippen molar-refractivity contribution in [3.8, 4) is 5.75 Å². The van der Waals surface area contributed by atoms with Gasteiger partial charge in [0.15, 0.2) is 6.79 Å². The van der Waals surface area contributed by atoms with Crippen LogP contribution in [0.15, 0.2) is 34.8 Å². The van der Waals surface area contributed by atoms with Gasteiger partial charge in [0.1, 0.15) is 5.75 Å². The van der Waals surface area contributed by atoms with E-state index in [4.69, 9.17) is 19.9 Å². The molecule has 0 saturated carbocycles. The minimum Gasteiger partial charge on any atom is -0.465 e. The van der Waals surface area contributed by atoms with Crippen molar-refractivity contribution >= 4 is 33.2 Å². The maximum absolute atomic E-state index is 13.0. The molecule has 0 aliphatic carbocycles. The molecular formula is C20H23BrN2O4. The van der Waals surface area contributed by atoms with Gasteiger partial charge >= 0.3 is 0 Å². The summed E-state index contributed by atoms with van der Waals surface area (Å²) < 4.78 is 16.7. The van der Waals surface area contributed by atoms with E-state index in [-0.39, 0.29) is 12.7 Å². The quantitative estimate of drug-likeness (QED) is 0.409. The van der Waals surface area contributed by atoms with Crippen molar-refractivity contribution < 1.29 is 19.0 Å². The second kappa shape index (κ2) is 8.73. The van der Waals surface area contributed by atoms with Gasteiger partial charge in [0.2, 0.25) is 0 Å². The van der Waals surface area contributed by atoms with Gasteiger partial charge in [0.25, 0.3) is 5.91 Å². The molecule has 0 bridgehead atoms. The van der Waals surface area contributed by atoms with Crippen molar-refractivity contribution in [1.82, 2.24) is 0 Å². The van der Waals surface area contributed by atoms with Gasteiger partial charge in [-0.15, -0.1) is 0 Å². The van der Waals surface area contributed by atoms with E-state index in [0.717, 1.165) is 33.3 Å². The van der Waals surface area contributed by atoms with E-state index < -0.39 is 0 Å². The number of carbonyl (C=O) groups is 1. The van der Waals surface area contributed by atoms with Crippen molar-refractivity contribution in [3.63, 3.8) is 0 Å². The van der Waals surface area contributed by atoms with Crippen molar-refractivity contribution in [2.45, 2.75) is 13.3 Å². The number of methoxy groups -OCH3 is 1. The Hall–Kier alpha value is -2.09. The lowest BCUT2D eigenvalue weighted by Crippen LogP contribution is -2.38. The summed E-state index contributed by atoms with van der Waals surface area (Å²) in [6.45, 7) is 3.70. The largest absolute Gasteiger partial charge is 0.465 e. The van der Waals surface area contributed by atoms with Crippen LogP contribution in [0.1, 0.15) is 21.5 Å². The minimum atomic E-state index is -0.0113. The summed E-state index contributed by atoms with van der Waals surface area (Å²) in [5.74, 6) is 0.517. The third-order valence-corrected chi connectivity index (χ3v) is 5.49. The Bertz CT molecular complexity index is 841. The Morgan fingerprint density at radius 2 is 2.04 bits per heavy atom. The summed E-state index contributed by atoms with van der Waals surface area (Å²) in [7, 11) is 1.61. The van der Waals surface area contributed by atoms with Crippen LogP contribution in [-0.2, 0) is 15.9 Å². The number of hydrogen-bond acceptors (Lipinski definition) is 5. The highest BCUT2D eigenvalue weighted by atomic mass is 79.9. The zero-order chi connectivity index (χ0) is 19.4. The molecule has 1 amide bonds. The van der Waals surface area contributed by atoms with Gasteiger partial charge in [-0.05, 0) is 54.8 Å². The van der Waals surface area contributed by atoms with E-state index in [1.165, 1.54) is 0 Å². The zero-order valence-corrected chi connectivity index (χ0v) is 17.0. The number of halogens is 1. The number of anilines is 2. The summed E-state index contributed by atoms with van der Waals surface area (Å²) >= 11 is 3.53. The Balaban J connectivity index is 1.72. The molecule has 1 aliphatic heterocycles. The third-order valence-electron chi connectivity index (χ3n) is 4.63. The fraction of sp³-hybridized carbons (Fsp3) is 0.350. The van der Waals surface area contributed by atoms with Crippen LogP contribution < -0.4 is 15.4 Å². The molecule has 0 radical (unpaired) electrons. The Morgan fingerprint density at radius 1 is 1.22 bits per heavy atom. The number of nitrogens with zero attached hydrogens (tertiary/aromatic N) is 1. The first kappa shape index (κ1) is 19.7. The smallest absolute Gasteiger partial charge is 0.258 e.